The molecule has 0 saturated heterocycles. The number of anilines is 1. The maximum atomic E-state index is 5.49. The van der Waals surface area contributed by atoms with Crippen LogP contribution in [0, 0.1) is 0 Å². The molecule has 0 unspecified atom stereocenters. The molecule has 1 saturated carbocycles. The van der Waals surface area contributed by atoms with Crippen molar-refractivity contribution in [3.8, 4) is 11.6 Å². The van der Waals surface area contributed by atoms with Crippen molar-refractivity contribution in [1.29, 1.82) is 0 Å². The van der Waals surface area contributed by atoms with Crippen LogP contribution in [0.1, 0.15) is 25.6 Å². The molecule has 0 aliphatic heterocycles. The summed E-state index contributed by atoms with van der Waals surface area (Å²) in [5.74, 6) is 1.63. The molecule has 2 aromatic heterocycles. The second kappa shape index (κ2) is 2.59. The minimum Gasteiger partial charge on any atom is -0.382 e. The molecule has 0 bridgehead atoms. The van der Waals surface area contributed by atoms with Crippen molar-refractivity contribution in [3.05, 3.63) is 11.9 Å². The largest absolute Gasteiger partial charge is 0.382 e. The van der Waals surface area contributed by atoms with Gasteiger partial charge >= 0.3 is 0 Å². The quantitative estimate of drug-likeness (QED) is 0.765. The van der Waals surface area contributed by atoms with Crippen LogP contribution in [-0.2, 0) is 5.41 Å². The number of rotatable bonds is 2. The maximum absolute atomic E-state index is 5.49. The molecule has 0 atom stereocenters. The summed E-state index contributed by atoms with van der Waals surface area (Å²) >= 11 is 0. The van der Waals surface area contributed by atoms with Crippen molar-refractivity contribution in [3.63, 3.8) is 0 Å². The van der Waals surface area contributed by atoms with Gasteiger partial charge in [-0.15, -0.1) is 0 Å². The van der Waals surface area contributed by atoms with Gasteiger partial charge in [-0.3, -0.25) is 5.10 Å². The molecule has 1 fully saturated rings. The second-order valence-electron chi connectivity index (χ2n) is 4.19. The van der Waals surface area contributed by atoms with Crippen LogP contribution in [0.5, 0.6) is 0 Å². The van der Waals surface area contributed by atoms with Crippen molar-refractivity contribution < 1.29 is 4.52 Å². The highest BCUT2D eigenvalue weighted by molar-refractivity contribution is 5.51. The normalized spacial score (nSPS) is 17.9. The number of H-pyrrole nitrogens is 1. The van der Waals surface area contributed by atoms with E-state index in [4.69, 9.17) is 10.3 Å². The number of nitrogens with two attached hydrogens (primary N) is 1. The molecule has 0 spiro atoms. The topological polar surface area (TPSA) is 93.6 Å². The summed E-state index contributed by atoms with van der Waals surface area (Å²) in [5, 5.41) is 10.5. The molecule has 3 N–H and O–H groups in total. The van der Waals surface area contributed by atoms with Gasteiger partial charge in [0.05, 0.1) is 0 Å². The van der Waals surface area contributed by atoms with Crippen molar-refractivity contribution in [2.75, 3.05) is 5.73 Å². The molecule has 15 heavy (non-hydrogen) atoms. The number of hydrogen-bond donors (Lipinski definition) is 2. The minimum absolute atomic E-state index is 0.118. The number of aromatic nitrogens is 4. The van der Waals surface area contributed by atoms with E-state index in [0.717, 1.165) is 18.7 Å². The lowest BCUT2D eigenvalue weighted by molar-refractivity contribution is 0.414. The van der Waals surface area contributed by atoms with Gasteiger partial charge in [-0.05, 0) is 12.8 Å². The van der Waals surface area contributed by atoms with Crippen molar-refractivity contribution in [1.82, 2.24) is 20.3 Å². The van der Waals surface area contributed by atoms with E-state index in [1.54, 1.807) is 6.07 Å². The molecule has 78 valence electrons. The first kappa shape index (κ1) is 8.46. The first-order valence-electron chi connectivity index (χ1n) is 4.83. The standard InChI is InChI=1S/C9H11N5O/c1-9(2-3-9)8-11-7(15-14-8)5-4-6(10)13-12-5/h4H,2-3H2,1H3,(H3,10,12,13). The lowest BCUT2D eigenvalue weighted by Crippen LogP contribution is -2.01. The van der Waals surface area contributed by atoms with Crippen molar-refractivity contribution in [2.45, 2.75) is 25.2 Å². The molecule has 0 radical (unpaired) electrons. The number of hydrogen-bond acceptors (Lipinski definition) is 5. The van der Waals surface area contributed by atoms with Gasteiger partial charge in [0.2, 0.25) is 0 Å². The van der Waals surface area contributed by atoms with E-state index >= 15 is 0 Å². The highest BCUT2D eigenvalue weighted by atomic mass is 16.5. The summed E-state index contributed by atoms with van der Waals surface area (Å²) in [6, 6.07) is 1.67. The van der Waals surface area contributed by atoms with Crippen LogP contribution in [0.25, 0.3) is 11.6 Å². The van der Waals surface area contributed by atoms with E-state index < -0.39 is 0 Å². The fraction of sp³-hybridized carbons (Fsp3) is 0.444. The van der Waals surface area contributed by atoms with E-state index in [2.05, 4.69) is 27.3 Å². The Morgan fingerprint density at radius 1 is 1.53 bits per heavy atom. The van der Waals surface area contributed by atoms with E-state index in [9.17, 15) is 0 Å². The highest BCUT2D eigenvalue weighted by Crippen LogP contribution is 2.46. The Labute approximate surface area is 85.9 Å². The van der Waals surface area contributed by atoms with Crippen LogP contribution in [0.3, 0.4) is 0 Å². The number of nitrogens with one attached hydrogen (secondary N) is 1. The van der Waals surface area contributed by atoms with Crippen LogP contribution in [0.4, 0.5) is 5.82 Å². The first-order valence-corrected chi connectivity index (χ1v) is 4.83. The molecule has 0 amide bonds. The summed E-state index contributed by atoms with van der Waals surface area (Å²) in [6.07, 6.45) is 2.24. The third kappa shape index (κ3) is 1.29. The summed E-state index contributed by atoms with van der Waals surface area (Å²) in [7, 11) is 0. The summed E-state index contributed by atoms with van der Waals surface area (Å²) in [6.45, 7) is 2.13. The van der Waals surface area contributed by atoms with Crippen LogP contribution >= 0.6 is 0 Å². The smallest absolute Gasteiger partial charge is 0.276 e. The molecule has 2 aromatic rings. The van der Waals surface area contributed by atoms with Gasteiger partial charge in [-0.1, -0.05) is 12.1 Å². The molecule has 3 rings (SSSR count). The zero-order valence-corrected chi connectivity index (χ0v) is 8.32. The molecular weight excluding hydrogens is 194 g/mol. The van der Waals surface area contributed by atoms with Crippen molar-refractivity contribution in [2.24, 2.45) is 0 Å². The molecule has 1 aliphatic rings. The second-order valence-corrected chi connectivity index (χ2v) is 4.19. The lowest BCUT2D eigenvalue weighted by Gasteiger charge is -1.96. The molecule has 2 heterocycles. The van der Waals surface area contributed by atoms with Crippen molar-refractivity contribution >= 4 is 5.82 Å². The van der Waals surface area contributed by atoms with Gasteiger partial charge in [-0.2, -0.15) is 10.1 Å². The fourth-order valence-corrected chi connectivity index (χ4v) is 1.44. The number of nitrogens with zero attached hydrogens (tertiary/aromatic N) is 3. The molecule has 6 nitrogen and oxygen atoms in total. The summed E-state index contributed by atoms with van der Waals surface area (Å²) < 4.78 is 5.14. The van der Waals surface area contributed by atoms with E-state index in [1.165, 1.54) is 0 Å². The number of nitrogen functional groups attached to an aromatic ring is 1. The zero-order valence-electron chi connectivity index (χ0n) is 8.32. The lowest BCUT2D eigenvalue weighted by atomic mass is 10.1. The van der Waals surface area contributed by atoms with Gasteiger partial charge < -0.3 is 10.3 Å². The van der Waals surface area contributed by atoms with E-state index in [-0.39, 0.29) is 5.41 Å². The van der Waals surface area contributed by atoms with Crippen LogP contribution in [0.15, 0.2) is 10.6 Å². The molecule has 6 heteroatoms. The maximum Gasteiger partial charge on any atom is 0.276 e. The van der Waals surface area contributed by atoms with Gasteiger partial charge in [0.25, 0.3) is 5.89 Å². The Bertz CT molecular complexity index is 496. The van der Waals surface area contributed by atoms with Crippen LogP contribution in [0.2, 0.25) is 0 Å². The highest BCUT2D eigenvalue weighted by Gasteiger charge is 2.43. The first-order chi connectivity index (χ1) is 7.17. The van der Waals surface area contributed by atoms with Gasteiger partial charge in [0.1, 0.15) is 11.5 Å². The Hall–Kier alpha value is -1.85. The van der Waals surface area contributed by atoms with Gasteiger partial charge in [0.15, 0.2) is 5.82 Å². The Balaban J connectivity index is 1.97. The SMILES string of the molecule is CC1(c2noc(-c3cc(N)n[nH]3)n2)CC1. The van der Waals surface area contributed by atoms with Crippen LogP contribution in [-0.4, -0.2) is 20.3 Å². The molecule has 1 aliphatic carbocycles. The Morgan fingerprint density at radius 3 is 2.93 bits per heavy atom. The number of aromatic amines is 1. The fourth-order valence-electron chi connectivity index (χ4n) is 1.44. The monoisotopic (exact) mass is 205 g/mol. The average Bonchev–Trinajstić information content (AvgIpc) is 2.72. The average molecular weight is 205 g/mol. The van der Waals surface area contributed by atoms with Gasteiger partial charge in [0, 0.05) is 11.5 Å². The van der Waals surface area contributed by atoms with E-state index in [0.29, 0.717) is 17.4 Å². The van der Waals surface area contributed by atoms with E-state index in [1.807, 2.05) is 0 Å². The third-order valence-corrected chi connectivity index (χ3v) is 2.79. The molecular formula is C9H11N5O. The molecule has 0 aromatic carbocycles. The zero-order chi connectivity index (χ0) is 10.5. The summed E-state index contributed by atoms with van der Waals surface area (Å²) in [4.78, 5) is 4.32. The minimum atomic E-state index is 0.118. The van der Waals surface area contributed by atoms with Gasteiger partial charge in [-0.25, -0.2) is 0 Å². The Morgan fingerprint density at radius 2 is 2.33 bits per heavy atom. The Kier molecular flexibility index (Phi) is 1.46. The predicted molar refractivity (Wildman–Crippen MR) is 52.9 cm³/mol. The summed E-state index contributed by atoms with van der Waals surface area (Å²) in [5.41, 5.74) is 6.27. The van der Waals surface area contributed by atoms with Crippen LogP contribution < -0.4 is 5.73 Å². The predicted octanol–water partition coefficient (Wildman–Crippen LogP) is 1.09. The third-order valence-electron chi connectivity index (χ3n) is 2.79.